The Morgan fingerprint density at radius 3 is 2.42 bits per heavy atom. The van der Waals surface area contributed by atoms with Gasteiger partial charge in [0.05, 0.1) is 24.7 Å². The molecule has 3 aromatic carbocycles. The summed E-state index contributed by atoms with van der Waals surface area (Å²) in [6, 6.07) is 16.6. The third kappa shape index (κ3) is 6.85. The van der Waals surface area contributed by atoms with Crippen molar-refractivity contribution in [2.45, 2.75) is 20.2 Å². The highest BCUT2D eigenvalue weighted by atomic mass is 32.1. The minimum Gasteiger partial charge on any atom is -0.495 e. The van der Waals surface area contributed by atoms with E-state index >= 15 is 0 Å². The fraction of sp³-hybridized carbons (Fsp3) is 0.154. The molecule has 1 heterocycles. The second-order valence-electron chi connectivity index (χ2n) is 8.16. The van der Waals surface area contributed by atoms with Gasteiger partial charge in [0.25, 0.3) is 0 Å². The molecule has 0 saturated heterocycles. The Kier molecular flexibility index (Phi) is 7.91. The van der Waals surface area contributed by atoms with Crippen molar-refractivity contribution in [2.75, 3.05) is 12.4 Å². The summed E-state index contributed by atoms with van der Waals surface area (Å²) in [5.74, 6) is 0.833. The molecule has 8 nitrogen and oxygen atoms in total. The van der Waals surface area contributed by atoms with Gasteiger partial charge >= 0.3 is 6.36 Å². The van der Waals surface area contributed by atoms with Crippen LogP contribution in [0.1, 0.15) is 16.7 Å². The van der Waals surface area contributed by atoms with Crippen LogP contribution in [0, 0.1) is 13.8 Å². The number of methoxy groups -OCH3 is 1. The fourth-order valence-corrected chi connectivity index (χ4v) is 3.75. The number of rotatable bonds is 7. The molecular formula is C26H23F3N6O2S. The van der Waals surface area contributed by atoms with Crippen molar-refractivity contribution in [3.63, 3.8) is 0 Å². The molecular weight excluding hydrogens is 517 g/mol. The van der Waals surface area contributed by atoms with Gasteiger partial charge in [-0.2, -0.15) is 5.10 Å². The SMILES string of the molecule is COc1cc(C)cc(C)c1NC(=S)NN=Cc1ccc(-c2ncn(-c3ccc(OC(F)(F)F)cc3)n2)cc1. The monoisotopic (exact) mass is 540 g/mol. The summed E-state index contributed by atoms with van der Waals surface area (Å²) in [5.41, 5.74) is 7.75. The second kappa shape index (κ2) is 11.3. The average molecular weight is 541 g/mol. The molecule has 1 aromatic heterocycles. The Hall–Kier alpha value is -4.45. The van der Waals surface area contributed by atoms with Crippen LogP contribution in [-0.4, -0.2) is 39.6 Å². The van der Waals surface area contributed by atoms with Crippen molar-refractivity contribution >= 4 is 29.2 Å². The van der Waals surface area contributed by atoms with E-state index in [2.05, 4.69) is 30.7 Å². The minimum atomic E-state index is -4.74. The Labute approximate surface area is 222 Å². The summed E-state index contributed by atoms with van der Waals surface area (Å²) in [6.45, 7) is 3.96. The molecule has 0 aliphatic carbocycles. The lowest BCUT2D eigenvalue weighted by Gasteiger charge is -2.15. The van der Waals surface area contributed by atoms with E-state index in [4.69, 9.17) is 17.0 Å². The average Bonchev–Trinajstić information content (AvgIpc) is 3.36. The lowest BCUT2D eigenvalue weighted by atomic mass is 10.1. The number of hydrogen-bond acceptors (Lipinski definition) is 6. The predicted octanol–water partition coefficient (Wildman–Crippen LogP) is 5.78. The molecule has 196 valence electrons. The van der Waals surface area contributed by atoms with Gasteiger partial charge in [0, 0.05) is 5.56 Å². The zero-order valence-electron chi connectivity index (χ0n) is 20.6. The summed E-state index contributed by atoms with van der Waals surface area (Å²) in [4.78, 5) is 4.29. The van der Waals surface area contributed by atoms with Gasteiger partial charge in [-0.1, -0.05) is 30.3 Å². The number of halogens is 3. The van der Waals surface area contributed by atoms with E-state index in [0.29, 0.717) is 22.4 Å². The third-order valence-electron chi connectivity index (χ3n) is 5.28. The number of ether oxygens (including phenoxy) is 2. The molecule has 0 spiro atoms. The van der Waals surface area contributed by atoms with Crippen LogP contribution in [0.2, 0.25) is 0 Å². The standard InChI is InChI=1S/C26H23F3N6O2S/c1-16-12-17(2)23(22(13-16)36-3)32-25(38)33-31-14-18-4-6-19(7-5-18)24-30-15-35(34-24)20-8-10-21(11-9-20)37-26(27,28)29/h4-15H,1-3H3,(H2,32,33,38). The van der Waals surface area contributed by atoms with Crippen molar-refractivity contribution in [2.24, 2.45) is 5.10 Å². The van der Waals surface area contributed by atoms with Crippen molar-refractivity contribution in [3.05, 3.63) is 83.7 Å². The van der Waals surface area contributed by atoms with Crippen LogP contribution in [0.3, 0.4) is 0 Å². The quantitative estimate of drug-likeness (QED) is 0.175. The highest BCUT2D eigenvalue weighted by molar-refractivity contribution is 7.80. The number of nitrogens with zero attached hydrogens (tertiary/aromatic N) is 4. The summed E-state index contributed by atoms with van der Waals surface area (Å²) < 4.78 is 47.8. The summed E-state index contributed by atoms with van der Waals surface area (Å²) >= 11 is 5.34. The molecule has 12 heteroatoms. The van der Waals surface area contributed by atoms with Crippen LogP contribution < -0.4 is 20.2 Å². The first-order chi connectivity index (χ1) is 18.1. The first-order valence-electron chi connectivity index (χ1n) is 11.2. The lowest BCUT2D eigenvalue weighted by Crippen LogP contribution is -2.24. The number of aromatic nitrogens is 3. The van der Waals surface area contributed by atoms with Gasteiger partial charge in [0.15, 0.2) is 10.9 Å². The molecule has 0 unspecified atom stereocenters. The van der Waals surface area contributed by atoms with Crippen LogP contribution in [-0.2, 0) is 0 Å². The van der Waals surface area contributed by atoms with E-state index in [9.17, 15) is 13.2 Å². The van der Waals surface area contributed by atoms with Gasteiger partial charge in [-0.15, -0.1) is 18.3 Å². The van der Waals surface area contributed by atoms with Crippen LogP contribution in [0.5, 0.6) is 11.5 Å². The largest absolute Gasteiger partial charge is 0.573 e. The topological polar surface area (TPSA) is 85.6 Å². The van der Waals surface area contributed by atoms with Gasteiger partial charge in [0.2, 0.25) is 0 Å². The van der Waals surface area contributed by atoms with Gasteiger partial charge in [-0.05, 0) is 73.1 Å². The Balaban J connectivity index is 1.36. The van der Waals surface area contributed by atoms with E-state index in [0.717, 1.165) is 27.9 Å². The maximum Gasteiger partial charge on any atom is 0.573 e. The zero-order chi connectivity index (χ0) is 27.3. The number of anilines is 1. The van der Waals surface area contributed by atoms with Crippen LogP contribution in [0.15, 0.2) is 72.1 Å². The van der Waals surface area contributed by atoms with E-state index in [1.165, 1.54) is 35.3 Å². The highest BCUT2D eigenvalue weighted by Gasteiger charge is 2.31. The highest BCUT2D eigenvalue weighted by Crippen LogP contribution is 2.29. The molecule has 38 heavy (non-hydrogen) atoms. The fourth-order valence-electron chi connectivity index (χ4n) is 3.60. The summed E-state index contributed by atoms with van der Waals surface area (Å²) in [5, 5.41) is 12.0. The third-order valence-corrected chi connectivity index (χ3v) is 5.47. The maximum absolute atomic E-state index is 12.3. The van der Waals surface area contributed by atoms with Crippen molar-refractivity contribution < 1.29 is 22.6 Å². The molecule has 0 radical (unpaired) electrons. The normalized spacial score (nSPS) is 11.4. The molecule has 0 aliphatic heterocycles. The number of aryl methyl sites for hydroxylation is 2. The van der Waals surface area contributed by atoms with E-state index in [1.807, 2.05) is 50.2 Å². The number of alkyl halides is 3. The summed E-state index contributed by atoms with van der Waals surface area (Å²) in [6.07, 6.45) is -1.65. The van der Waals surface area contributed by atoms with E-state index in [-0.39, 0.29) is 5.75 Å². The molecule has 2 N–H and O–H groups in total. The predicted molar refractivity (Wildman–Crippen MR) is 143 cm³/mol. The molecule has 0 saturated carbocycles. The number of hydrazone groups is 1. The second-order valence-corrected chi connectivity index (χ2v) is 8.57. The number of hydrogen-bond donors (Lipinski definition) is 2. The van der Waals surface area contributed by atoms with Crippen LogP contribution in [0.25, 0.3) is 17.1 Å². The number of nitrogens with one attached hydrogen (secondary N) is 2. The van der Waals surface area contributed by atoms with Crippen molar-refractivity contribution in [1.82, 2.24) is 20.2 Å². The maximum atomic E-state index is 12.3. The van der Waals surface area contributed by atoms with Gasteiger partial charge in [0.1, 0.15) is 17.8 Å². The van der Waals surface area contributed by atoms with Crippen molar-refractivity contribution in [3.8, 4) is 28.6 Å². The van der Waals surface area contributed by atoms with Gasteiger partial charge in [-0.3, -0.25) is 5.43 Å². The minimum absolute atomic E-state index is 0.310. The van der Waals surface area contributed by atoms with Gasteiger partial charge in [-0.25, -0.2) is 9.67 Å². The van der Waals surface area contributed by atoms with Gasteiger partial charge < -0.3 is 14.8 Å². The summed E-state index contributed by atoms with van der Waals surface area (Å²) in [7, 11) is 1.60. The molecule has 0 amide bonds. The Bertz CT molecular complexity index is 1450. The van der Waals surface area contributed by atoms with E-state index < -0.39 is 6.36 Å². The molecule has 0 bridgehead atoms. The van der Waals surface area contributed by atoms with Crippen molar-refractivity contribution in [1.29, 1.82) is 0 Å². The molecule has 0 atom stereocenters. The molecule has 4 aromatic rings. The first kappa shape index (κ1) is 26.6. The van der Waals surface area contributed by atoms with Crippen LogP contribution in [0.4, 0.5) is 18.9 Å². The Morgan fingerprint density at radius 2 is 1.76 bits per heavy atom. The lowest BCUT2D eigenvalue weighted by molar-refractivity contribution is -0.274. The molecule has 0 aliphatic rings. The molecule has 4 rings (SSSR count). The number of thiocarbonyl (C=S) groups is 1. The Morgan fingerprint density at radius 1 is 1.05 bits per heavy atom. The van der Waals surface area contributed by atoms with Crippen LogP contribution >= 0.6 is 12.2 Å². The smallest absolute Gasteiger partial charge is 0.495 e. The first-order valence-corrected chi connectivity index (χ1v) is 11.7. The van der Waals surface area contributed by atoms with E-state index in [1.54, 1.807) is 13.3 Å². The molecule has 0 fully saturated rings. The number of benzene rings is 3. The zero-order valence-corrected chi connectivity index (χ0v) is 21.4.